The van der Waals surface area contributed by atoms with E-state index < -0.39 is 0 Å². The molecule has 2 rings (SSSR count). The largest absolute Gasteiger partial charge is 0.361 e. The molecular weight excluding hydrogens is 222 g/mol. The Morgan fingerprint density at radius 1 is 1.28 bits per heavy atom. The van der Waals surface area contributed by atoms with Crippen molar-refractivity contribution in [3.63, 3.8) is 0 Å². The molecule has 0 saturated heterocycles. The van der Waals surface area contributed by atoms with Crippen molar-refractivity contribution < 1.29 is 0 Å². The third-order valence-corrected chi connectivity index (χ3v) is 2.76. The Bertz CT molecular complexity index is 372. The van der Waals surface area contributed by atoms with E-state index in [1.165, 1.54) is 24.9 Å². The van der Waals surface area contributed by atoms with E-state index in [-0.39, 0.29) is 0 Å². The van der Waals surface area contributed by atoms with Gasteiger partial charge in [-0.2, -0.15) is 0 Å². The molecule has 0 fully saturated rings. The van der Waals surface area contributed by atoms with Crippen molar-refractivity contribution in [3.8, 4) is 0 Å². The Balaban J connectivity index is 0.000000203. The minimum absolute atomic E-state index is 0.972. The standard InChI is InChI=1S/C9H10N2.C6H15N/c1-11-6-8-4-2-3-5-9(8)10-7-11;1-4-5-6-7(2)3/h2-5,7H,6H2,1H3;4-6H2,1-3H3. The molecule has 0 bridgehead atoms. The molecule has 0 unspecified atom stereocenters. The summed E-state index contributed by atoms with van der Waals surface area (Å²) in [6.45, 7) is 4.42. The molecule has 1 aromatic carbocycles. The molecule has 0 N–H and O–H groups in total. The Kier molecular flexibility index (Phi) is 6.44. The van der Waals surface area contributed by atoms with Crippen molar-refractivity contribution >= 4 is 12.0 Å². The average molecular weight is 247 g/mol. The van der Waals surface area contributed by atoms with E-state index in [4.69, 9.17) is 0 Å². The van der Waals surface area contributed by atoms with E-state index in [0.717, 1.165) is 12.2 Å². The van der Waals surface area contributed by atoms with E-state index >= 15 is 0 Å². The maximum Gasteiger partial charge on any atom is 0.0912 e. The molecule has 1 aliphatic heterocycles. The third kappa shape index (κ3) is 5.32. The molecule has 0 radical (unpaired) electrons. The summed E-state index contributed by atoms with van der Waals surface area (Å²) in [6, 6.07) is 8.22. The smallest absolute Gasteiger partial charge is 0.0912 e. The second-order valence-electron chi connectivity index (χ2n) is 4.95. The van der Waals surface area contributed by atoms with Crippen molar-refractivity contribution in [1.82, 2.24) is 9.80 Å². The molecule has 0 spiro atoms. The van der Waals surface area contributed by atoms with Crippen LogP contribution in [0, 0.1) is 0 Å². The van der Waals surface area contributed by atoms with Crippen LogP contribution in [0.15, 0.2) is 29.3 Å². The van der Waals surface area contributed by atoms with Gasteiger partial charge in [-0.15, -0.1) is 0 Å². The van der Waals surface area contributed by atoms with Crippen LogP contribution in [-0.4, -0.2) is 43.8 Å². The van der Waals surface area contributed by atoms with Crippen molar-refractivity contribution in [3.05, 3.63) is 29.8 Å². The SMILES string of the molecule is CCCCN(C)C.CN1C=Nc2ccccc2C1. The van der Waals surface area contributed by atoms with Gasteiger partial charge in [-0.25, -0.2) is 4.99 Å². The van der Waals surface area contributed by atoms with Crippen LogP contribution >= 0.6 is 0 Å². The first-order valence-electron chi connectivity index (χ1n) is 6.60. The first-order valence-corrected chi connectivity index (χ1v) is 6.60. The second kappa shape index (κ2) is 7.88. The molecule has 18 heavy (non-hydrogen) atoms. The molecule has 0 aliphatic carbocycles. The molecule has 3 nitrogen and oxygen atoms in total. The molecule has 1 aromatic rings. The van der Waals surface area contributed by atoms with Gasteiger partial charge in [0.2, 0.25) is 0 Å². The molecular formula is C15H25N3. The Morgan fingerprint density at radius 3 is 2.61 bits per heavy atom. The van der Waals surface area contributed by atoms with Gasteiger partial charge in [0.15, 0.2) is 0 Å². The minimum atomic E-state index is 0.972. The molecule has 3 heteroatoms. The van der Waals surface area contributed by atoms with Crippen molar-refractivity contribution in [2.45, 2.75) is 26.3 Å². The van der Waals surface area contributed by atoms with Crippen LogP contribution in [0.5, 0.6) is 0 Å². The summed E-state index contributed by atoms with van der Waals surface area (Å²) < 4.78 is 0. The van der Waals surface area contributed by atoms with Gasteiger partial charge in [-0.3, -0.25) is 0 Å². The predicted octanol–water partition coefficient (Wildman–Crippen LogP) is 3.14. The zero-order chi connectivity index (χ0) is 13.4. The average Bonchev–Trinajstić information content (AvgIpc) is 2.37. The van der Waals surface area contributed by atoms with E-state index in [0.29, 0.717) is 0 Å². The summed E-state index contributed by atoms with van der Waals surface area (Å²) in [5, 5.41) is 0. The number of benzene rings is 1. The fraction of sp³-hybridized carbons (Fsp3) is 0.533. The summed E-state index contributed by atoms with van der Waals surface area (Å²) in [5.74, 6) is 0. The zero-order valence-corrected chi connectivity index (χ0v) is 12.1. The van der Waals surface area contributed by atoms with E-state index in [1.54, 1.807) is 0 Å². The van der Waals surface area contributed by atoms with Crippen LogP contribution < -0.4 is 0 Å². The van der Waals surface area contributed by atoms with Crippen LogP contribution in [0.4, 0.5) is 5.69 Å². The summed E-state index contributed by atoms with van der Waals surface area (Å²) in [5.41, 5.74) is 2.41. The van der Waals surface area contributed by atoms with Crippen molar-refractivity contribution in [2.75, 3.05) is 27.7 Å². The first-order chi connectivity index (χ1) is 8.63. The lowest BCUT2D eigenvalue weighted by Gasteiger charge is -2.18. The highest BCUT2D eigenvalue weighted by Gasteiger charge is 2.05. The van der Waals surface area contributed by atoms with Crippen LogP contribution in [-0.2, 0) is 6.54 Å². The third-order valence-electron chi connectivity index (χ3n) is 2.76. The molecule has 0 atom stereocenters. The van der Waals surface area contributed by atoms with E-state index in [1.807, 2.05) is 31.6 Å². The normalized spacial score (nSPS) is 13.1. The highest BCUT2D eigenvalue weighted by Crippen LogP contribution is 2.22. The van der Waals surface area contributed by atoms with Gasteiger partial charge in [-0.05, 0) is 38.7 Å². The van der Waals surface area contributed by atoms with Gasteiger partial charge < -0.3 is 9.80 Å². The number of para-hydroxylation sites is 1. The fourth-order valence-electron chi connectivity index (χ4n) is 1.72. The maximum atomic E-state index is 4.27. The number of aliphatic imine (C=N–C) groups is 1. The monoisotopic (exact) mass is 247 g/mol. The Morgan fingerprint density at radius 2 is 2.00 bits per heavy atom. The van der Waals surface area contributed by atoms with E-state index in [9.17, 15) is 0 Å². The predicted molar refractivity (Wildman–Crippen MR) is 79.5 cm³/mol. The lowest BCUT2D eigenvalue weighted by Crippen LogP contribution is -2.18. The van der Waals surface area contributed by atoms with Crippen LogP contribution in [0.25, 0.3) is 0 Å². The van der Waals surface area contributed by atoms with E-state index in [2.05, 4.69) is 41.9 Å². The number of hydrogen-bond acceptors (Lipinski definition) is 3. The topological polar surface area (TPSA) is 18.8 Å². The summed E-state index contributed by atoms with van der Waals surface area (Å²) >= 11 is 0. The van der Waals surface area contributed by atoms with Gasteiger partial charge in [0, 0.05) is 13.6 Å². The highest BCUT2D eigenvalue weighted by molar-refractivity contribution is 5.66. The number of hydrogen-bond donors (Lipinski definition) is 0. The van der Waals surface area contributed by atoms with Gasteiger partial charge in [0.1, 0.15) is 0 Å². The Labute approximate surface area is 111 Å². The van der Waals surface area contributed by atoms with Crippen molar-refractivity contribution in [2.24, 2.45) is 4.99 Å². The maximum absolute atomic E-state index is 4.27. The Hall–Kier alpha value is -1.35. The number of rotatable bonds is 3. The molecule has 0 saturated carbocycles. The number of fused-ring (bicyclic) bond motifs is 1. The lowest BCUT2D eigenvalue weighted by molar-refractivity contribution is 0.398. The summed E-state index contributed by atoms with van der Waals surface area (Å²) in [7, 11) is 6.24. The summed E-state index contributed by atoms with van der Waals surface area (Å²) in [4.78, 5) is 8.56. The second-order valence-corrected chi connectivity index (χ2v) is 4.95. The fourth-order valence-corrected chi connectivity index (χ4v) is 1.72. The lowest BCUT2D eigenvalue weighted by atomic mass is 10.1. The molecule has 0 aromatic heterocycles. The van der Waals surface area contributed by atoms with Crippen LogP contribution in [0.1, 0.15) is 25.3 Å². The molecule has 0 amide bonds. The summed E-state index contributed by atoms with van der Waals surface area (Å²) in [6.07, 6.45) is 4.49. The minimum Gasteiger partial charge on any atom is -0.361 e. The van der Waals surface area contributed by atoms with Gasteiger partial charge in [0.05, 0.1) is 12.0 Å². The van der Waals surface area contributed by atoms with Gasteiger partial charge in [-0.1, -0.05) is 31.5 Å². The van der Waals surface area contributed by atoms with Crippen LogP contribution in [0.2, 0.25) is 0 Å². The van der Waals surface area contributed by atoms with Gasteiger partial charge >= 0.3 is 0 Å². The van der Waals surface area contributed by atoms with Crippen LogP contribution in [0.3, 0.4) is 0 Å². The molecule has 1 heterocycles. The van der Waals surface area contributed by atoms with Crippen molar-refractivity contribution in [1.29, 1.82) is 0 Å². The quantitative estimate of drug-likeness (QED) is 0.817. The highest BCUT2D eigenvalue weighted by atomic mass is 15.1. The van der Waals surface area contributed by atoms with Gasteiger partial charge in [0.25, 0.3) is 0 Å². The molecule has 1 aliphatic rings. The number of nitrogens with zero attached hydrogens (tertiary/aromatic N) is 3. The molecule has 100 valence electrons. The first kappa shape index (κ1) is 14.7. The number of unbranched alkanes of at least 4 members (excludes halogenated alkanes) is 1. The zero-order valence-electron chi connectivity index (χ0n) is 12.1.